The number of rotatable bonds is 6. The lowest BCUT2D eigenvalue weighted by Crippen LogP contribution is -2.45. The van der Waals surface area contributed by atoms with E-state index >= 15 is 0 Å². The molecule has 2 heterocycles. The van der Waals surface area contributed by atoms with E-state index in [-0.39, 0.29) is 12.2 Å². The van der Waals surface area contributed by atoms with Crippen LogP contribution >= 0.6 is 11.3 Å². The van der Waals surface area contributed by atoms with Crippen LogP contribution in [-0.2, 0) is 21.5 Å². The van der Waals surface area contributed by atoms with Crippen molar-refractivity contribution in [1.29, 1.82) is 0 Å². The van der Waals surface area contributed by atoms with Gasteiger partial charge in [-0.15, -0.1) is 11.3 Å². The molecule has 1 aromatic carbocycles. The average Bonchev–Trinajstić information content (AvgIpc) is 3.03. The number of esters is 1. The molecule has 0 bridgehead atoms. The zero-order valence-electron chi connectivity index (χ0n) is 18.6. The van der Waals surface area contributed by atoms with Crippen molar-refractivity contribution in [3.8, 4) is 16.9 Å². The lowest BCUT2D eigenvalue weighted by molar-refractivity contribution is -0.152. The van der Waals surface area contributed by atoms with Crippen LogP contribution < -0.4 is 10.3 Å². The first-order valence-electron chi connectivity index (χ1n) is 10.0. The van der Waals surface area contributed by atoms with Crippen LogP contribution in [0, 0.1) is 13.8 Å². The second-order valence-corrected chi connectivity index (χ2v) is 8.92. The molecule has 30 heavy (non-hydrogen) atoms. The highest BCUT2D eigenvalue weighted by molar-refractivity contribution is 7.19. The Bertz CT molecular complexity index is 1170. The number of aryl methyl sites for hydroxylation is 3. The van der Waals surface area contributed by atoms with Crippen molar-refractivity contribution in [2.75, 3.05) is 13.7 Å². The quantitative estimate of drug-likeness (QED) is 0.536. The van der Waals surface area contributed by atoms with E-state index in [1.807, 2.05) is 39.0 Å². The average molecular weight is 429 g/mol. The third kappa shape index (κ3) is 3.51. The van der Waals surface area contributed by atoms with E-state index in [1.54, 1.807) is 27.9 Å². The van der Waals surface area contributed by atoms with Gasteiger partial charge >= 0.3 is 5.97 Å². The van der Waals surface area contributed by atoms with Gasteiger partial charge in [0.2, 0.25) is 0 Å². The highest BCUT2D eigenvalue weighted by atomic mass is 32.1. The Morgan fingerprint density at radius 2 is 1.93 bits per heavy atom. The fourth-order valence-corrected chi connectivity index (χ4v) is 4.80. The van der Waals surface area contributed by atoms with Crippen LogP contribution in [0.1, 0.15) is 44.0 Å². The molecule has 3 rings (SSSR count). The number of aromatic nitrogens is 2. The summed E-state index contributed by atoms with van der Waals surface area (Å²) < 4.78 is 12.3. The van der Waals surface area contributed by atoms with E-state index in [0.717, 1.165) is 21.6 Å². The molecule has 0 atom stereocenters. The molecular formula is C23H28N2O4S. The number of nitrogens with zero attached hydrogens (tertiary/aromatic N) is 2. The molecule has 3 aromatic rings. The van der Waals surface area contributed by atoms with Crippen LogP contribution in [0.15, 0.2) is 23.0 Å². The Hall–Kier alpha value is -2.67. The molecule has 0 radical (unpaired) electrons. The van der Waals surface area contributed by atoms with Crippen molar-refractivity contribution in [1.82, 2.24) is 9.55 Å². The standard InChI is InChI=1S/C23H28N2O4S/c1-8-17-24-20-19(21(26)25(17)23(5,6)22(27)29-9-2)18(14(4)30-20)15-12-13(3)10-11-16(15)28-7/h10-12H,8-9H2,1-7H3. The summed E-state index contributed by atoms with van der Waals surface area (Å²) in [6.07, 6.45) is 0.522. The van der Waals surface area contributed by atoms with Gasteiger partial charge < -0.3 is 9.47 Å². The van der Waals surface area contributed by atoms with Gasteiger partial charge in [-0.3, -0.25) is 9.36 Å². The van der Waals surface area contributed by atoms with Gasteiger partial charge in [0.05, 0.1) is 19.1 Å². The largest absolute Gasteiger partial charge is 0.496 e. The predicted molar refractivity (Wildman–Crippen MR) is 121 cm³/mol. The Morgan fingerprint density at radius 1 is 1.23 bits per heavy atom. The van der Waals surface area contributed by atoms with Crippen LogP contribution in [-0.4, -0.2) is 29.2 Å². The van der Waals surface area contributed by atoms with Crippen molar-refractivity contribution < 1.29 is 14.3 Å². The Morgan fingerprint density at radius 3 is 2.53 bits per heavy atom. The van der Waals surface area contributed by atoms with Gasteiger partial charge in [-0.05, 0) is 46.8 Å². The molecule has 0 aliphatic heterocycles. The third-order valence-electron chi connectivity index (χ3n) is 5.25. The van der Waals surface area contributed by atoms with Gasteiger partial charge in [-0.1, -0.05) is 18.6 Å². The van der Waals surface area contributed by atoms with E-state index in [2.05, 4.69) is 0 Å². The van der Waals surface area contributed by atoms with Gasteiger partial charge in [0.25, 0.3) is 5.56 Å². The maximum atomic E-state index is 13.8. The van der Waals surface area contributed by atoms with E-state index in [4.69, 9.17) is 14.5 Å². The summed E-state index contributed by atoms with van der Waals surface area (Å²) in [5.74, 6) is 0.803. The van der Waals surface area contributed by atoms with Crippen molar-refractivity contribution in [3.63, 3.8) is 0 Å². The van der Waals surface area contributed by atoms with Crippen LogP contribution in [0.2, 0.25) is 0 Å². The third-order valence-corrected chi connectivity index (χ3v) is 6.24. The van der Waals surface area contributed by atoms with Crippen molar-refractivity contribution in [3.05, 3.63) is 44.8 Å². The molecule has 0 spiro atoms. The van der Waals surface area contributed by atoms with E-state index in [9.17, 15) is 9.59 Å². The molecule has 0 fully saturated rings. The van der Waals surface area contributed by atoms with Crippen molar-refractivity contribution in [2.24, 2.45) is 0 Å². The SMILES string of the molecule is CCOC(=O)C(C)(C)n1c(CC)nc2sc(C)c(-c3cc(C)ccc3OC)c2c1=O. The Labute approximate surface area is 180 Å². The van der Waals surface area contributed by atoms with Gasteiger partial charge in [0, 0.05) is 22.4 Å². The molecule has 0 amide bonds. The fourth-order valence-electron chi connectivity index (χ4n) is 3.76. The van der Waals surface area contributed by atoms with Crippen molar-refractivity contribution in [2.45, 2.75) is 53.5 Å². The summed E-state index contributed by atoms with van der Waals surface area (Å²) in [6.45, 7) is 11.3. The highest BCUT2D eigenvalue weighted by Crippen LogP contribution is 2.41. The summed E-state index contributed by atoms with van der Waals surface area (Å²) in [6, 6.07) is 5.89. The predicted octanol–water partition coefficient (Wildman–Crippen LogP) is 4.61. The second-order valence-electron chi connectivity index (χ2n) is 7.72. The second kappa shape index (κ2) is 8.22. The topological polar surface area (TPSA) is 70.4 Å². The number of benzene rings is 1. The number of fused-ring (bicyclic) bond motifs is 1. The summed E-state index contributed by atoms with van der Waals surface area (Å²) in [5, 5.41) is 0.510. The zero-order chi connectivity index (χ0) is 22.2. The lowest BCUT2D eigenvalue weighted by Gasteiger charge is -2.27. The van der Waals surface area contributed by atoms with Gasteiger partial charge in [-0.2, -0.15) is 0 Å². The van der Waals surface area contributed by atoms with Crippen LogP contribution in [0.3, 0.4) is 0 Å². The van der Waals surface area contributed by atoms with E-state index < -0.39 is 11.5 Å². The van der Waals surface area contributed by atoms with Crippen LogP contribution in [0.4, 0.5) is 0 Å². The molecular weight excluding hydrogens is 400 g/mol. The smallest absolute Gasteiger partial charge is 0.331 e. The number of carbonyl (C=O) groups is 1. The van der Waals surface area contributed by atoms with Gasteiger partial charge in [-0.25, -0.2) is 9.78 Å². The van der Waals surface area contributed by atoms with Crippen LogP contribution in [0.5, 0.6) is 5.75 Å². The monoisotopic (exact) mass is 428 g/mol. The lowest BCUT2D eigenvalue weighted by atomic mass is 9.99. The summed E-state index contributed by atoms with van der Waals surface area (Å²) in [4.78, 5) is 33.0. The summed E-state index contributed by atoms with van der Waals surface area (Å²) >= 11 is 1.48. The molecule has 0 aliphatic rings. The minimum absolute atomic E-state index is 0.238. The zero-order valence-corrected chi connectivity index (χ0v) is 19.4. The number of thiophene rings is 1. The molecule has 0 unspecified atom stereocenters. The molecule has 7 heteroatoms. The highest BCUT2D eigenvalue weighted by Gasteiger charge is 2.36. The first-order chi connectivity index (χ1) is 14.2. The normalized spacial score (nSPS) is 11.7. The molecule has 0 saturated heterocycles. The van der Waals surface area contributed by atoms with Crippen molar-refractivity contribution >= 4 is 27.5 Å². The van der Waals surface area contributed by atoms with E-state index in [0.29, 0.717) is 28.2 Å². The van der Waals surface area contributed by atoms with Gasteiger partial charge in [0.1, 0.15) is 21.9 Å². The minimum atomic E-state index is -1.18. The molecule has 2 aromatic heterocycles. The number of carbonyl (C=O) groups excluding carboxylic acids is 1. The number of methoxy groups -OCH3 is 1. The number of hydrogen-bond acceptors (Lipinski definition) is 6. The summed E-state index contributed by atoms with van der Waals surface area (Å²) in [7, 11) is 1.62. The Kier molecular flexibility index (Phi) is 6.04. The molecule has 0 saturated carbocycles. The van der Waals surface area contributed by atoms with Gasteiger partial charge in [0.15, 0.2) is 0 Å². The number of hydrogen-bond donors (Lipinski definition) is 0. The van der Waals surface area contributed by atoms with Crippen LogP contribution in [0.25, 0.3) is 21.3 Å². The molecule has 6 nitrogen and oxygen atoms in total. The van der Waals surface area contributed by atoms with E-state index in [1.165, 1.54) is 15.9 Å². The Balaban J connectivity index is 2.42. The first-order valence-corrected chi connectivity index (χ1v) is 10.9. The maximum absolute atomic E-state index is 13.8. The molecule has 0 aliphatic carbocycles. The number of ether oxygens (including phenoxy) is 2. The minimum Gasteiger partial charge on any atom is -0.496 e. The molecule has 160 valence electrons. The first kappa shape index (κ1) is 22.0. The fraction of sp³-hybridized carbons (Fsp3) is 0.435. The summed E-state index contributed by atoms with van der Waals surface area (Å²) in [5.41, 5.74) is 1.31. The maximum Gasteiger partial charge on any atom is 0.331 e. The molecule has 0 N–H and O–H groups in total.